The summed E-state index contributed by atoms with van der Waals surface area (Å²) in [5.74, 6) is 0.0876. The normalized spacial score (nSPS) is 10.0. The summed E-state index contributed by atoms with van der Waals surface area (Å²) in [4.78, 5) is 24.2. The molecule has 0 aliphatic carbocycles. The zero-order chi connectivity index (χ0) is 19.1. The predicted molar refractivity (Wildman–Crippen MR) is 96.5 cm³/mol. The highest BCUT2D eigenvalue weighted by Gasteiger charge is 2.14. The molecule has 0 atom stereocenters. The number of benzene rings is 2. The first kappa shape index (κ1) is 19.4. The van der Waals surface area contributed by atoms with Gasteiger partial charge in [-0.25, -0.2) is 4.79 Å². The summed E-state index contributed by atoms with van der Waals surface area (Å²) in [6.07, 6.45) is 0. The molecule has 0 fully saturated rings. The fourth-order valence-electron chi connectivity index (χ4n) is 2.10. The van der Waals surface area contributed by atoms with E-state index in [-0.39, 0.29) is 5.56 Å². The summed E-state index contributed by atoms with van der Waals surface area (Å²) in [6.45, 7) is -0.478. The van der Waals surface area contributed by atoms with Gasteiger partial charge in [0.1, 0.15) is 17.2 Å². The molecule has 1 amide bonds. The molecule has 2 aromatic rings. The number of hydrogen-bond acceptors (Lipinski definition) is 6. The number of hydrogen-bond donors (Lipinski definition) is 1. The molecule has 0 aromatic heterocycles. The molecule has 0 saturated carbocycles. The van der Waals surface area contributed by atoms with E-state index < -0.39 is 18.5 Å². The zero-order valence-electron chi connectivity index (χ0n) is 14.5. The van der Waals surface area contributed by atoms with Gasteiger partial charge in [0.2, 0.25) is 0 Å². The molecule has 8 heteroatoms. The van der Waals surface area contributed by atoms with E-state index in [4.69, 9.17) is 30.5 Å². The number of anilines is 1. The van der Waals surface area contributed by atoms with Crippen molar-refractivity contribution < 1.29 is 28.5 Å². The SMILES string of the molecule is COc1cc(OC)cc(C(=O)OCC(=O)Nc2cc(Cl)ccc2OC)c1. The van der Waals surface area contributed by atoms with Crippen LogP contribution in [-0.2, 0) is 9.53 Å². The topological polar surface area (TPSA) is 83.1 Å². The second-order valence-electron chi connectivity index (χ2n) is 5.07. The van der Waals surface area contributed by atoms with Gasteiger partial charge in [0.15, 0.2) is 6.61 Å². The van der Waals surface area contributed by atoms with Gasteiger partial charge in [0, 0.05) is 11.1 Å². The number of carbonyl (C=O) groups excluding carboxylic acids is 2. The first-order chi connectivity index (χ1) is 12.5. The van der Waals surface area contributed by atoms with E-state index in [2.05, 4.69) is 5.32 Å². The Hall–Kier alpha value is -2.93. The van der Waals surface area contributed by atoms with E-state index >= 15 is 0 Å². The maximum atomic E-state index is 12.2. The number of ether oxygens (including phenoxy) is 4. The van der Waals surface area contributed by atoms with Crippen LogP contribution in [0, 0.1) is 0 Å². The Bertz CT molecular complexity index is 786. The average Bonchev–Trinajstić information content (AvgIpc) is 2.65. The molecule has 0 aliphatic heterocycles. The molecule has 1 N–H and O–H groups in total. The minimum Gasteiger partial charge on any atom is -0.497 e. The molecule has 0 radical (unpaired) electrons. The minimum atomic E-state index is -0.685. The molecule has 0 unspecified atom stereocenters. The third kappa shape index (κ3) is 5.03. The molecule has 2 rings (SSSR count). The van der Waals surface area contributed by atoms with E-state index in [1.54, 1.807) is 18.2 Å². The Balaban J connectivity index is 2.01. The van der Waals surface area contributed by atoms with Crippen LogP contribution in [0.2, 0.25) is 5.02 Å². The number of rotatable bonds is 7. The predicted octanol–water partition coefficient (Wildman–Crippen LogP) is 3.16. The van der Waals surface area contributed by atoms with Crippen LogP contribution < -0.4 is 19.5 Å². The molecule has 0 spiro atoms. The molecule has 0 bridgehead atoms. The van der Waals surface area contributed by atoms with Gasteiger partial charge in [0.25, 0.3) is 5.91 Å². The van der Waals surface area contributed by atoms with Crippen molar-refractivity contribution in [3.05, 3.63) is 47.0 Å². The van der Waals surface area contributed by atoms with Gasteiger partial charge in [-0.2, -0.15) is 0 Å². The second kappa shape index (κ2) is 8.96. The van der Waals surface area contributed by atoms with Gasteiger partial charge in [-0.15, -0.1) is 0 Å². The van der Waals surface area contributed by atoms with Crippen LogP contribution in [0.3, 0.4) is 0 Å². The third-order valence-electron chi connectivity index (χ3n) is 3.36. The van der Waals surface area contributed by atoms with E-state index in [1.165, 1.54) is 39.5 Å². The Morgan fingerprint density at radius 3 is 2.19 bits per heavy atom. The standard InChI is InChI=1S/C18H18ClNO6/c1-23-13-6-11(7-14(9-13)24-2)18(22)26-10-17(21)20-15-8-12(19)4-5-16(15)25-3/h4-9H,10H2,1-3H3,(H,20,21). The summed E-state index contributed by atoms with van der Waals surface area (Å²) in [7, 11) is 4.40. The molecule has 0 aliphatic rings. The lowest BCUT2D eigenvalue weighted by atomic mass is 10.2. The number of nitrogens with one attached hydrogen (secondary N) is 1. The van der Waals surface area contributed by atoms with Crippen molar-refractivity contribution in [1.29, 1.82) is 0 Å². The first-order valence-corrected chi connectivity index (χ1v) is 7.88. The maximum Gasteiger partial charge on any atom is 0.338 e. The van der Waals surface area contributed by atoms with E-state index in [9.17, 15) is 9.59 Å². The molecule has 26 heavy (non-hydrogen) atoms. The number of esters is 1. The van der Waals surface area contributed by atoms with Gasteiger partial charge in [-0.3, -0.25) is 4.79 Å². The van der Waals surface area contributed by atoms with Crippen molar-refractivity contribution in [1.82, 2.24) is 0 Å². The monoisotopic (exact) mass is 379 g/mol. The van der Waals surface area contributed by atoms with Crippen molar-refractivity contribution in [2.75, 3.05) is 33.3 Å². The van der Waals surface area contributed by atoms with E-state index in [0.717, 1.165) is 0 Å². The second-order valence-corrected chi connectivity index (χ2v) is 5.51. The summed E-state index contributed by atoms with van der Waals surface area (Å²) in [5, 5.41) is 3.01. The van der Waals surface area contributed by atoms with E-state index in [1.807, 2.05) is 0 Å². The van der Waals surface area contributed by atoms with Crippen LogP contribution in [-0.4, -0.2) is 39.8 Å². The number of halogens is 1. The van der Waals surface area contributed by atoms with Gasteiger partial charge in [-0.1, -0.05) is 11.6 Å². The molecule has 0 heterocycles. The largest absolute Gasteiger partial charge is 0.497 e. The number of amides is 1. The van der Waals surface area contributed by atoms with Gasteiger partial charge in [0.05, 0.1) is 32.6 Å². The van der Waals surface area contributed by atoms with Crippen LogP contribution in [0.15, 0.2) is 36.4 Å². The summed E-state index contributed by atoms with van der Waals surface area (Å²) in [5.41, 5.74) is 0.582. The quantitative estimate of drug-likeness (QED) is 0.744. The van der Waals surface area contributed by atoms with Crippen LogP contribution in [0.1, 0.15) is 10.4 Å². The smallest absolute Gasteiger partial charge is 0.338 e. The highest BCUT2D eigenvalue weighted by molar-refractivity contribution is 6.31. The van der Waals surface area contributed by atoms with Crippen molar-refractivity contribution in [2.24, 2.45) is 0 Å². The Kier molecular flexibility index (Phi) is 6.68. The number of methoxy groups -OCH3 is 3. The van der Waals surface area contributed by atoms with Crippen molar-refractivity contribution in [3.63, 3.8) is 0 Å². The fourth-order valence-corrected chi connectivity index (χ4v) is 2.28. The Morgan fingerprint density at radius 1 is 0.962 bits per heavy atom. The van der Waals surface area contributed by atoms with Gasteiger partial charge in [-0.05, 0) is 30.3 Å². The van der Waals surface area contributed by atoms with Crippen molar-refractivity contribution in [3.8, 4) is 17.2 Å². The summed E-state index contributed by atoms with van der Waals surface area (Å²) < 4.78 is 20.4. The first-order valence-electron chi connectivity index (χ1n) is 7.50. The molecule has 2 aromatic carbocycles. The molecular weight excluding hydrogens is 362 g/mol. The molecule has 138 valence electrons. The van der Waals surface area contributed by atoms with Gasteiger partial charge < -0.3 is 24.3 Å². The molecule has 0 saturated heterocycles. The lowest BCUT2D eigenvalue weighted by molar-refractivity contribution is -0.119. The maximum absolute atomic E-state index is 12.2. The Morgan fingerprint density at radius 2 is 1.62 bits per heavy atom. The van der Waals surface area contributed by atoms with E-state index in [0.29, 0.717) is 28.0 Å². The summed E-state index contributed by atoms with van der Waals surface area (Å²) in [6, 6.07) is 9.38. The zero-order valence-corrected chi connectivity index (χ0v) is 15.3. The van der Waals surface area contributed by atoms with Crippen molar-refractivity contribution in [2.45, 2.75) is 0 Å². The third-order valence-corrected chi connectivity index (χ3v) is 3.59. The lowest BCUT2D eigenvalue weighted by Crippen LogP contribution is -2.21. The summed E-state index contributed by atoms with van der Waals surface area (Å²) >= 11 is 5.91. The molecular formula is C18H18ClNO6. The van der Waals surface area contributed by atoms with Crippen LogP contribution in [0.25, 0.3) is 0 Å². The van der Waals surface area contributed by atoms with Crippen molar-refractivity contribution >= 4 is 29.2 Å². The van der Waals surface area contributed by atoms with Gasteiger partial charge >= 0.3 is 5.97 Å². The highest BCUT2D eigenvalue weighted by atomic mass is 35.5. The molecule has 7 nitrogen and oxygen atoms in total. The fraction of sp³-hybridized carbons (Fsp3) is 0.222. The van der Waals surface area contributed by atoms with Crippen LogP contribution in [0.5, 0.6) is 17.2 Å². The number of carbonyl (C=O) groups is 2. The lowest BCUT2D eigenvalue weighted by Gasteiger charge is -2.11. The van der Waals surface area contributed by atoms with Crippen LogP contribution in [0.4, 0.5) is 5.69 Å². The minimum absolute atomic E-state index is 0.203. The van der Waals surface area contributed by atoms with Crippen LogP contribution >= 0.6 is 11.6 Å². The Labute approximate surface area is 155 Å². The highest BCUT2D eigenvalue weighted by Crippen LogP contribution is 2.27. The average molecular weight is 380 g/mol.